The Morgan fingerprint density at radius 1 is 1.28 bits per heavy atom. The number of hydrogen-bond donors (Lipinski definition) is 2. The lowest BCUT2D eigenvalue weighted by Gasteiger charge is -1.96. The van der Waals surface area contributed by atoms with Crippen LogP contribution in [0.5, 0.6) is 5.75 Å². The standard InChI is InChI=1S/C12H9BrN2O3/c13-11-6-5-10(18-11)12(17)15-14-7-8-1-3-9(16)4-2-8/h1-7,16H,(H,15,17)/b14-7-. The molecule has 0 unspecified atom stereocenters. The Hall–Kier alpha value is -2.08. The van der Waals surface area contributed by atoms with Gasteiger partial charge >= 0.3 is 5.91 Å². The maximum Gasteiger partial charge on any atom is 0.307 e. The van der Waals surface area contributed by atoms with Crippen molar-refractivity contribution in [1.29, 1.82) is 0 Å². The van der Waals surface area contributed by atoms with Crippen molar-refractivity contribution in [2.24, 2.45) is 5.10 Å². The van der Waals surface area contributed by atoms with Crippen LogP contribution in [0.4, 0.5) is 0 Å². The predicted molar refractivity (Wildman–Crippen MR) is 69.6 cm³/mol. The maximum atomic E-state index is 11.5. The number of benzene rings is 1. The summed E-state index contributed by atoms with van der Waals surface area (Å²) in [4.78, 5) is 11.5. The number of furan rings is 1. The van der Waals surface area contributed by atoms with Crippen molar-refractivity contribution in [3.05, 3.63) is 52.4 Å². The molecule has 2 aromatic rings. The van der Waals surface area contributed by atoms with Crippen molar-refractivity contribution in [3.63, 3.8) is 0 Å². The van der Waals surface area contributed by atoms with E-state index < -0.39 is 5.91 Å². The second-order valence-electron chi connectivity index (χ2n) is 3.39. The van der Waals surface area contributed by atoms with Gasteiger partial charge in [-0.2, -0.15) is 5.10 Å². The topological polar surface area (TPSA) is 74.8 Å². The SMILES string of the molecule is O=C(N/N=C\c1ccc(O)cc1)c1ccc(Br)o1. The van der Waals surface area contributed by atoms with E-state index in [1.165, 1.54) is 24.4 Å². The molecule has 0 saturated heterocycles. The quantitative estimate of drug-likeness (QED) is 0.676. The van der Waals surface area contributed by atoms with Gasteiger partial charge in [-0.15, -0.1) is 0 Å². The number of phenols is 1. The minimum Gasteiger partial charge on any atom is -0.508 e. The summed E-state index contributed by atoms with van der Waals surface area (Å²) < 4.78 is 5.54. The van der Waals surface area contributed by atoms with Crippen molar-refractivity contribution in [2.45, 2.75) is 0 Å². The molecule has 5 nitrogen and oxygen atoms in total. The zero-order valence-electron chi connectivity index (χ0n) is 9.13. The summed E-state index contributed by atoms with van der Waals surface area (Å²) >= 11 is 3.10. The number of nitrogens with zero attached hydrogens (tertiary/aromatic N) is 1. The minimum absolute atomic E-state index is 0.171. The normalized spacial score (nSPS) is 10.7. The molecule has 2 rings (SSSR count). The molecule has 1 aromatic heterocycles. The largest absolute Gasteiger partial charge is 0.508 e. The van der Waals surface area contributed by atoms with E-state index >= 15 is 0 Å². The minimum atomic E-state index is -0.435. The third-order valence-corrected chi connectivity index (χ3v) is 2.50. The Bertz CT molecular complexity index is 575. The molecule has 0 spiro atoms. The number of rotatable bonds is 3. The van der Waals surface area contributed by atoms with Gasteiger partial charge in [-0.3, -0.25) is 4.79 Å². The first-order valence-electron chi connectivity index (χ1n) is 5.03. The molecule has 0 atom stereocenters. The van der Waals surface area contributed by atoms with E-state index in [-0.39, 0.29) is 11.5 Å². The number of phenolic OH excluding ortho intramolecular Hbond substituents is 1. The Morgan fingerprint density at radius 2 is 2.00 bits per heavy atom. The molecule has 2 N–H and O–H groups in total. The van der Waals surface area contributed by atoms with Gasteiger partial charge in [0, 0.05) is 0 Å². The number of carbonyl (C=O) groups is 1. The summed E-state index contributed by atoms with van der Waals surface area (Å²) in [7, 11) is 0. The van der Waals surface area contributed by atoms with Crippen LogP contribution in [0.3, 0.4) is 0 Å². The van der Waals surface area contributed by atoms with Gasteiger partial charge < -0.3 is 9.52 Å². The van der Waals surface area contributed by atoms with Crippen LogP contribution < -0.4 is 5.43 Å². The van der Waals surface area contributed by atoms with E-state index in [1.807, 2.05) is 0 Å². The van der Waals surface area contributed by atoms with Crippen LogP contribution in [0.25, 0.3) is 0 Å². The van der Waals surface area contributed by atoms with Crippen LogP contribution in [0, 0.1) is 0 Å². The first-order valence-corrected chi connectivity index (χ1v) is 5.82. The second-order valence-corrected chi connectivity index (χ2v) is 4.18. The average Bonchev–Trinajstić information content (AvgIpc) is 2.78. The molecule has 1 heterocycles. The van der Waals surface area contributed by atoms with E-state index in [2.05, 4.69) is 26.5 Å². The molecule has 0 bridgehead atoms. The average molecular weight is 309 g/mol. The number of halogens is 1. The Kier molecular flexibility index (Phi) is 3.78. The van der Waals surface area contributed by atoms with Gasteiger partial charge in [0.25, 0.3) is 0 Å². The summed E-state index contributed by atoms with van der Waals surface area (Å²) in [5, 5.41) is 12.9. The van der Waals surface area contributed by atoms with E-state index in [4.69, 9.17) is 9.52 Å². The maximum absolute atomic E-state index is 11.5. The summed E-state index contributed by atoms with van der Waals surface area (Å²) in [6, 6.07) is 9.58. The molecule has 0 fully saturated rings. The lowest BCUT2D eigenvalue weighted by Crippen LogP contribution is -2.16. The number of hydrazone groups is 1. The van der Waals surface area contributed by atoms with Crippen molar-refractivity contribution in [2.75, 3.05) is 0 Å². The van der Waals surface area contributed by atoms with Crippen LogP contribution in [0.15, 0.2) is 50.6 Å². The first kappa shape index (κ1) is 12.4. The third kappa shape index (κ3) is 3.21. The fourth-order valence-electron chi connectivity index (χ4n) is 1.22. The molecular formula is C12H9BrN2O3. The van der Waals surface area contributed by atoms with Gasteiger partial charge in [0.2, 0.25) is 0 Å². The molecule has 6 heteroatoms. The molecule has 1 amide bonds. The number of amides is 1. The van der Waals surface area contributed by atoms with Gasteiger partial charge in [0.1, 0.15) is 5.75 Å². The number of carbonyl (C=O) groups excluding carboxylic acids is 1. The molecule has 0 aliphatic rings. The predicted octanol–water partition coefficient (Wildman–Crippen LogP) is 2.51. The van der Waals surface area contributed by atoms with Crippen molar-refractivity contribution in [1.82, 2.24) is 5.43 Å². The van der Waals surface area contributed by atoms with E-state index in [0.29, 0.717) is 4.67 Å². The van der Waals surface area contributed by atoms with Gasteiger partial charge in [0.05, 0.1) is 6.21 Å². The van der Waals surface area contributed by atoms with Crippen LogP contribution in [-0.4, -0.2) is 17.2 Å². The summed E-state index contributed by atoms with van der Waals surface area (Å²) in [6.45, 7) is 0. The van der Waals surface area contributed by atoms with Gasteiger partial charge in [-0.1, -0.05) is 0 Å². The van der Waals surface area contributed by atoms with Gasteiger partial charge in [-0.05, 0) is 57.9 Å². The van der Waals surface area contributed by atoms with E-state index in [0.717, 1.165) is 5.56 Å². The lowest BCUT2D eigenvalue weighted by molar-refractivity contribution is 0.0926. The summed E-state index contributed by atoms with van der Waals surface area (Å²) in [5.74, 6) is -0.0860. The second kappa shape index (κ2) is 5.50. The zero-order valence-corrected chi connectivity index (χ0v) is 10.7. The highest BCUT2D eigenvalue weighted by molar-refractivity contribution is 9.10. The molecule has 0 saturated carbocycles. The van der Waals surface area contributed by atoms with Gasteiger partial charge in [-0.25, -0.2) is 5.43 Å². The Morgan fingerprint density at radius 3 is 2.61 bits per heavy atom. The smallest absolute Gasteiger partial charge is 0.307 e. The van der Waals surface area contributed by atoms with E-state index in [9.17, 15) is 4.79 Å². The molecule has 0 radical (unpaired) electrons. The number of hydrogen-bond acceptors (Lipinski definition) is 4. The van der Waals surface area contributed by atoms with Crippen LogP contribution in [0.1, 0.15) is 16.1 Å². The monoisotopic (exact) mass is 308 g/mol. The molecular weight excluding hydrogens is 300 g/mol. The van der Waals surface area contributed by atoms with Crippen LogP contribution in [0.2, 0.25) is 0 Å². The highest BCUT2D eigenvalue weighted by Crippen LogP contribution is 2.13. The Labute approximate surface area is 111 Å². The summed E-state index contributed by atoms with van der Waals surface area (Å²) in [5.41, 5.74) is 3.09. The van der Waals surface area contributed by atoms with Crippen molar-refractivity contribution in [3.8, 4) is 5.75 Å². The lowest BCUT2D eigenvalue weighted by atomic mass is 10.2. The molecule has 0 aliphatic carbocycles. The van der Waals surface area contributed by atoms with E-state index in [1.54, 1.807) is 18.2 Å². The molecule has 92 valence electrons. The van der Waals surface area contributed by atoms with Gasteiger partial charge in [0.15, 0.2) is 10.4 Å². The third-order valence-electron chi connectivity index (χ3n) is 2.07. The zero-order chi connectivity index (χ0) is 13.0. The van der Waals surface area contributed by atoms with Crippen LogP contribution >= 0.6 is 15.9 Å². The number of nitrogens with one attached hydrogen (secondary N) is 1. The molecule has 1 aromatic carbocycles. The molecule has 18 heavy (non-hydrogen) atoms. The summed E-state index contributed by atoms with van der Waals surface area (Å²) in [6.07, 6.45) is 1.47. The fraction of sp³-hybridized carbons (Fsp3) is 0. The highest BCUT2D eigenvalue weighted by atomic mass is 79.9. The van der Waals surface area contributed by atoms with Crippen molar-refractivity contribution >= 4 is 28.1 Å². The first-order chi connectivity index (χ1) is 8.65. The number of aromatic hydroxyl groups is 1. The fourth-order valence-corrected chi connectivity index (χ4v) is 1.52. The highest BCUT2D eigenvalue weighted by Gasteiger charge is 2.08. The molecule has 0 aliphatic heterocycles. The van der Waals surface area contributed by atoms with Crippen LogP contribution in [-0.2, 0) is 0 Å². The Balaban J connectivity index is 1.95. The van der Waals surface area contributed by atoms with Crippen molar-refractivity contribution < 1.29 is 14.3 Å².